The van der Waals surface area contributed by atoms with Crippen LogP contribution in [-0.4, -0.2) is 19.9 Å². The van der Waals surface area contributed by atoms with E-state index in [2.05, 4.69) is 25.3 Å². The predicted octanol–water partition coefficient (Wildman–Crippen LogP) is 2.31. The Bertz CT molecular complexity index is 724. The molecule has 0 fully saturated rings. The van der Waals surface area contributed by atoms with Gasteiger partial charge < -0.3 is 5.32 Å². The van der Waals surface area contributed by atoms with Gasteiger partial charge in [0.05, 0.1) is 17.4 Å². The number of nitrogens with one attached hydrogen (secondary N) is 1. The molecule has 0 saturated carbocycles. The molecule has 3 rings (SSSR count). The average molecular weight is 248 g/mol. The molecule has 0 atom stereocenters. The first-order valence-electron chi connectivity index (χ1n) is 5.69. The standard InChI is InChI=1S/C14H10N5/c1-10(13-9-16-6-7-17-13)18-14-3-2-11-8-15-5-4-12(11)19-14/h1-9H,(H,18,19). The predicted molar refractivity (Wildman–Crippen MR) is 72.9 cm³/mol. The number of fused-ring (bicyclic) bond motifs is 1. The number of rotatable bonds is 3. The fourth-order valence-corrected chi connectivity index (χ4v) is 1.68. The molecule has 0 spiro atoms. The van der Waals surface area contributed by atoms with Crippen molar-refractivity contribution >= 4 is 22.4 Å². The molecule has 5 nitrogen and oxygen atoms in total. The van der Waals surface area contributed by atoms with Gasteiger partial charge in [0.2, 0.25) is 0 Å². The van der Waals surface area contributed by atoms with Crippen LogP contribution in [0.15, 0.2) is 49.2 Å². The first kappa shape index (κ1) is 11.3. The first-order valence-corrected chi connectivity index (χ1v) is 5.69. The molecule has 0 saturated heterocycles. The highest BCUT2D eigenvalue weighted by molar-refractivity contribution is 5.81. The zero-order valence-electron chi connectivity index (χ0n) is 9.99. The van der Waals surface area contributed by atoms with E-state index in [0.29, 0.717) is 17.2 Å². The normalized spacial score (nSPS) is 10.3. The molecule has 3 aromatic rings. The van der Waals surface area contributed by atoms with E-state index in [1.165, 1.54) is 0 Å². The van der Waals surface area contributed by atoms with Crippen molar-refractivity contribution < 1.29 is 0 Å². The Morgan fingerprint density at radius 2 is 1.89 bits per heavy atom. The molecule has 0 aliphatic heterocycles. The molecule has 0 bridgehead atoms. The van der Waals surface area contributed by atoms with E-state index in [4.69, 9.17) is 6.58 Å². The number of hydrogen-bond acceptors (Lipinski definition) is 5. The van der Waals surface area contributed by atoms with Gasteiger partial charge in [-0.3, -0.25) is 15.0 Å². The minimum atomic E-state index is 0.411. The average Bonchev–Trinajstić information content (AvgIpc) is 2.48. The third-order valence-corrected chi connectivity index (χ3v) is 2.59. The summed E-state index contributed by atoms with van der Waals surface area (Å²) >= 11 is 0. The van der Waals surface area contributed by atoms with E-state index >= 15 is 0 Å². The van der Waals surface area contributed by atoms with Crippen LogP contribution in [0.3, 0.4) is 0 Å². The van der Waals surface area contributed by atoms with Crippen molar-refractivity contribution in [3.05, 3.63) is 61.5 Å². The maximum Gasteiger partial charge on any atom is 0.131 e. The topological polar surface area (TPSA) is 63.6 Å². The summed E-state index contributed by atoms with van der Waals surface area (Å²) in [5, 5.41) is 3.99. The highest BCUT2D eigenvalue weighted by Gasteiger charge is 2.03. The third-order valence-electron chi connectivity index (χ3n) is 2.59. The van der Waals surface area contributed by atoms with Crippen LogP contribution in [0, 0.1) is 6.58 Å². The number of aromatic nitrogens is 4. The maximum absolute atomic E-state index is 5.92. The lowest BCUT2D eigenvalue weighted by Gasteiger charge is -2.08. The van der Waals surface area contributed by atoms with Crippen LogP contribution in [-0.2, 0) is 0 Å². The van der Waals surface area contributed by atoms with Gasteiger partial charge in [0, 0.05) is 30.2 Å². The van der Waals surface area contributed by atoms with Crippen LogP contribution in [0.25, 0.3) is 16.6 Å². The van der Waals surface area contributed by atoms with Gasteiger partial charge in [0.1, 0.15) is 11.5 Å². The fourth-order valence-electron chi connectivity index (χ4n) is 1.68. The number of nitrogens with zero attached hydrogens (tertiary/aromatic N) is 4. The monoisotopic (exact) mass is 248 g/mol. The van der Waals surface area contributed by atoms with Gasteiger partial charge in [0.25, 0.3) is 0 Å². The van der Waals surface area contributed by atoms with Crippen LogP contribution in [0.4, 0.5) is 5.82 Å². The molecule has 0 amide bonds. The lowest BCUT2D eigenvalue weighted by atomic mass is 10.2. The summed E-state index contributed by atoms with van der Waals surface area (Å²) in [6, 6.07) is 5.62. The minimum Gasteiger partial charge on any atom is -0.338 e. The second-order valence-corrected chi connectivity index (χ2v) is 3.89. The molecule has 0 unspecified atom stereocenters. The summed E-state index contributed by atoms with van der Waals surface area (Å²) in [4.78, 5) is 16.6. The summed E-state index contributed by atoms with van der Waals surface area (Å²) in [7, 11) is 0. The molecular weight excluding hydrogens is 238 g/mol. The summed E-state index contributed by atoms with van der Waals surface area (Å²) in [6.45, 7) is 5.92. The van der Waals surface area contributed by atoms with E-state index in [1.54, 1.807) is 31.0 Å². The summed E-state index contributed by atoms with van der Waals surface area (Å²) in [6.07, 6.45) is 8.24. The van der Waals surface area contributed by atoms with E-state index in [9.17, 15) is 0 Å². The second-order valence-electron chi connectivity index (χ2n) is 3.89. The highest BCUT2D eigenvalue weighted by atomic mass is 15.0. The first-order chi connectivity index (χ1) is 9.33. The Morgan fingerprint density at radius 1 is 1.00 bits per heavy atom. The van der Waals surface area contributed by atoms with Crippen molar-refractivity contribution in [3.63, 3.8) is 0 Å². The molecular formula is C14H10N5. The van der Waals surface area contributed by atoms with Crippen molar-refractivity contribution in [2.24, 2.45) is 0 Å². The van der Waals surface area contributed by atoms with Gasteiger partial charge in [-0.2, -0.15) is 0 Å². The zero-order valence-corrected chi connectivity index (χ0v) is 9.99. The molecule has 5 heteroatoms. The maximum atomic E-state index is 5.92. The lowest BCUT2D eigenvalue weighted by molar-refractivity contribution is 1.16. The Morgan fingerprint density at radius 3 is 2.74 bits per heavy atom. The minimum absolute atomic E-state index is 0.411. The lowest BCUT2D eigenvalue weighted by Crippen LogP contribution is -2.01. The quantitative estimate of drug-likeness (QED) is 0.770. The van der Waals surface area contributed by atoms with Gasteiger partial charge >= 0.3 is 0 Å². The molecule has 19 heavy (non-hydrogen) atoms. The Kier molecular flexibility index (Phi) is 2.86. The van der Waals surface area contributed by atoms with Crippen molar-refractivity contribution in [3.8, 4) is 0 Å². The fraction of sp³-hybridized carbons (Fsp3) is 0. The third kappa shape index (κ3) is 2.40. The largest absolute Gasteiger partial charge is 0.338 e. The van der Waals surface area contributed by atoms with Crippen molar-refractivity contribution in [2.45, 2.75) is 0 Å². The zero-order chi connectivity index (χ0) is 13.1. The van der Waals surface area contributed by atoms with E-state index in [1.807, 2.05) is 18.2 Å². The van der Waals surface area contributed by atoms with Crippen LogP contribution in [0.2, 0.25) is 0 Å². The summed E-state index contributed by atoms with van der Waals surface area (Å²) < 4.78 is 0. The second kappa shape index (κ2) is 4.81. The van der Waals surface area contributed by atoms with Gasteiger partial charge in [0.15, 0.2) is 0 Å². The SMILES string of the molecule is [CH]=C(Nc1ccc2cnccc2n1)c1cnccn1. The number of hydrogen-bond donors (Lipinski definition) is 1. The number of pyridine rings is 2. The molecule has 91 valence electrons. The Hall–Kier alpha value is -2.82. The number of anilines is 1. The van der Waals surface area contributed by atoms with Crippen LogP contribution < -0.4 is 5.32 Å². The van der Waals surface area contributed by atoms with E-state index in [-0.39, 0.29) is 0 Å². The highest BCUT2D eigenvalue weighted by Crippen LogP contribution is 2.16. The van der Waals surface area contributed by atoms with Gasteiger partial charge in [-0.1, -0.05) is 0 Å². The van der Waals surface area contributed by atoms with Crippen molar-refractivity contribution in [1.82, 2.24) is 19.9 Å². The van der Waals surface area contributed by atoms with E-state index in [0.717, 1.165) is 10.9 Å². The summed E-state index contributed by atoms with van der Waals surface area (Å²) in [5.74, 6) is 0.654. The van der Waals surface area contributed by atoms with Gasteiger partial charge in [-0.05, 0) is 24.8 Å². The Balaban J connectivity index is 1.87. The molecule has 0 aliphatic carbocycles. The molecule has 3 heterocycles. The molecule has 3 aromatic heterocycles. The van der Waals surface area contributed by atoms with E-state index < -0.39 is 0 Å². The van der Waals surface area contributed by atoms with Crippen LogP contribution in [0.1, 0.15) is 5.69 Å². The van der Waals surface area contributed by atoms with Crippen LogP contribution >= 0.6 is 0 Å². The van der Waals surface area contributed by atoms with Gasteiger partial charge in [-0.15, -0.1) is 0 Å². The summed E-state index contributed by atoms with van der Waals surface area (Å²) in [5.41, 5.74) is 1.85. The van der Waals surface area contributed by atoms with Crippen molar-refractivity contribution in [2.75, 3.05) is 5.32 Å². The molecule has 0 aliphatic rings. The molecule has 1 N–H and O–H groups in total. The molecule has 0 aromatic carbocycles. The Labute approximate surface area is 110 Å². The smallest absolute Gasteiger partial charge is 0.131 e. The molecule has 1 radical (unpaired) electrons. The van der Waals surface area contributed by atoms with Gasteiger partial charge in [-0.25, -0.2) is 4.98 Å². The van der Waals surface area contributed by atoms with Crippen molar-refractivity contribution in [1.29, 1.82) is 0 Å². The van der Waals surface area contributed by atoms with Crippen LogP contribution in [0.5, 0.6) is 0 Å².